The van der Waals surface area contributed by atoms with E-state index in [9.17, 15) is 18.0 Å². The minimum absolute atomic E-state index is 0.0280. The van der Waals surface area contributed by atoms with Crippen LogP contribution in [0.25, 0.3) is 21.3 Å². The first kappa shape index (κ1) is 22.6. The molecule has 0 aliphatic carbocycles. The first-order chi connectivity index (χ1) is 15.2. The van der Waals surface area contributed by atoms with Crippen molar-refractivity contribution >= 4 is 56.5 Å². The first-order valence-corrected chi connectivity index (χ1v) is 11.6. The van der Waals surface area contributed by atoms with Gasteiger partial charge in [-0.1, -0.05) is 53.2 Å². The molecule has 0 bridgehead atoms. The number of rotatable bonds is 5. The molecular formula is C22H15ClF3N3OS2. The average Bonchev–Trinajstić information content (AvgIpc) is 3.18. The van der Waals surface area contributed by atoms with Gasteiger partial charge >= 0.3 is 6.18 Å². The van der Waals surface area contributed by atoms with Gasteiger partial charge in [-0.25, -0.2) is 9.97 Å². The summed E-state index contributed by atoms with van der Waals surface area (Å²) < 4.78 is 38.9. The SMILES string of the molecule is Cc1ccc(-c2csc3ncnc(SCC(=O)Nc4cc(C(F)(F)F)ccc4Cl)c23)cc1. The van der Waals surface area contributed by atoms with E-state index in [1.54, 1.807) is 0 Å². The largest absolute Gasteiger partial charge is 0.416 e. The third kappa shape index (κ3) is 4.90. The number of anilines is 1. The number of thioether (sulfide) groups is 1. The number of nitrogens with one attached hydrogen (secondary N) is 1. The Balaban J connectivity index is 1.54. The van der Waals surface area contributed by atoms with Gasteiger partial charge in [0, 0.05) is 10.9 Å². The number of nitrogens with zero attached hydrogens (tertiary/aromatic N) is 2. The number of carbonyl (C=O) groups is 1. The number of aromatic nitrogens is 2. The van der Waals surface area contributed by atoms with Gasteiger partial charge in [-0.2, -0.15) is 13.2 Å². The van der Waals surface area contributed by atoms with Crippen LogP contribution in [0.3, 0.4) is 0 Å². The van der Waals surface area contributed by atoms with E-state index in [4.69, 9.17) is 11.6 Å². The standard InChI is InChI=1S/C22H15ClF3N3OS2/c1-12-2-4-13(5-3-12)15-9-31-20-19(15)21(28-11-27-20)32-10-18(30)29-17-8-14(22(24,25)26)6-7-16(17)23/h2-9,11H,10H2,1H3,(H,29,30). The molecule has 0 aliphatic rings. The molecule has 4 rings (SSSR count). The molecule has 4 nitrogen and oxygen atoms in total. The number of hydrogen-bond acceptors (Lipinski definition) is 5. The molecule has 10 heteroatoms. The number of hydrogen-bond donors (Lipinski definition) is 1. The highest BCUT2D eigenvalue weighted by molar-refractivity contribution is 8.00. The van der Waals surface area contributed by atoms with E-state index in [0.29, 0.717) is 5.03 Å². The van der Waals surface area contributed by atoms with Gasteiger partial charge in [-0.15, -0.1) is 11.3 Å². The van der Waals surface area contributed by atoms with Crippen LogP contribution in [0.5, 0.6) is 0 Å². The third-order valence-corrected chi connectivity index (χ3v) is 6.81. The van der Waals surface area contributed by atoms with E-state index in [1.807, 2.05) is 36.6 Å². The smallest absolute Gasteiger partial charge is 0.324 e. The van der Waals surface area contributed by atoms with Crippen molar-refractivity contribution in [2.75, 3.05) is 11.1 Å². The summed E-state index contributed by atoms with van der Waals surface area (Å²) in [5.74, 6) is -0.544. The lowest BCUT2D eigenvalue weighted by Crippen LogP contribution is -2.15. The van der Waals surface area contributed by atoms with Crippen LogP contribution >= 0.6 is 34.7 Å². The summed E-state index contributed by atoms with van der Waals surface area (Å²) in [6.45, 7) is 2.01. The maximum Gasteiger partial charge on any atom is 0.416 e. The number of fused-ring (bicyclic) bond motifs is 1. The van der Waals surface area contributed by atoms with Crippen molar-refractivity contribution < 1.29 is 18.0 Å². The second kappa shape index (κ2) is 9.09. The number of benzene rings is 2. The minimum Gasteiger partial charge on any atom is -0.324 e. The molecule has 0 radical (unpaired) electrons. The monoisotopic (exact) mass is 493 g/mol. The summed E-state index contributed by atoms with van der Waals surface area (Å²) in [5, 5.41) is 5.95. The molecule has 1 N–H and O–H groups in total. The molecule has 0 fully saturated rings. The van der Waals surface area contributed by atoms with Gasteiger partial charge in [0.25, 0.3) is 0 Å². The van der Waals surface area contributed by atoms with Crippen molar-refractivity contribution in [2.45, 2.75) is 18.1 Å². The Kier molecular flexibility index (Phi) is 6.41. The van der Waals surface area contributed by atoms with Crippen LogP contribution in [0.1, 0.15) is 11.1 Å². The molecule has 0 saturated carbocycles. The van der Waals surface area contributed by atoms with Crippen molar-refractivity contribution in [2.24, 2.45) is 0 Å². The van der Waals surface area contributed by atoms with Crippen LogP contribution in [0.15, 0.2) is 59.2 Å². The van der Waals surface area contributed by atoms with Gasteiger partial charge in [0.05, 0.1) is 27.4 Å². The van der Waals surface area contributed by atoms with Crippen molar-refractivity contribution in [3.63, 3.8) is 0 Å². The summed E-state index contributed by atoms with van der Waals surface area (Å²) >= 11 is 8.63. The van der Waals surface area contributed by atoms with Gasteiger partial charge < -0.3 is 5.32 Å². The highest BCUT2D eigenvalue weighted by Gasteiger charge is 2.31. The van der Waals surface area contributed by atoms with Crippen LogP contribution < -0.4 is 5.32 Å². The lowest BCUT2D eigenvalue weighted by atomic mass is 10.1. The Hall–Kier alpha value is -2.62. The van der Waals surface area contributed by atoms with E-state index in [0.717, 1.165) is 45.1 Å². The lowest BCUT2D eigenvalue weighted by molar-refractivity contribution is -0.137. The second-order valence-electron chi connectivity index (χ2n) is 6.90. The number of alkyl halides is 3. The van der Waals surface area contributed by atoms with Crippen LogP contribution in [0, 0.1) is 6.92 Å². The number of aryl methyl sites for hydroxylation is 1. The highest BCUT2D eigenvalue weighted by Crippen LogP contribution is 2.38. The second-order valence-corrected chi connectivity index (χ2v) is 9.13. The highest BCUT2D eigenvalue weighted by atomic mass is 35.5. The Morgan fingerprint density at radius 3 is 2.62 bits per heavy atom. The maximum absolute atomic E-state index is 13.0. The summed E-state index contributed by atoms with van der Waals surface area (Å²) in [5.41, 5.74) is 2.15. The van der Waals surface area contributed by atoms with Crippen LogP contribution in [0.4, 0.5) is 18.9 Å². The quantitative estimate of drug-likeness (QED) is 0.238. The van der Waals surface area contributed by atoms with Gasteiger partial charge in [-0.3, -0.25) is 4.79 Å². The molecule has 32 heavy (non-hydrogen) atoms. The van der Waals surface area contributed by atoms with Crippen molar-refractivity contribution in [3.05, 3.63) is 70.3 Å². The molecule has 0 saturated heterocycles. The third-order valence-electron chi connectivity index (χ3n) is 4.61. The van der Waals surface area contributed by atoms with E-state index in [2.05, 4.69) is 15.3 Å². The zero-order chi connectivity index (χ0) is 22.9. The molecule has 4 aromatic rings. The number of halogens is 4. The van der Waals surface area contributed by atoms with E-state index in [-0.39, 0.29) is 16.5 Å². The summed E-state index contributed by atoms with van der Waals surface area (Å²) in [6, 6.07) is 10.9. The number of carbonyl (C=O) groups excluding carboxylic acids is 1. The fourth-order valence-corrected chi connectivity index (χ4v) is 4.98. The normalized spacial score (nSPS) is 11.7. The fraction of sp³-hybridized carbons (Fsp3) is 0.136. The van der Waals surface area contributed by atoms with Crippen LogP contribution in [0.2, 0.25) is 5.02 Å². The van der Waals surface area contributed by atoms with Gasteiger partial charge in [-0.05, 0) is 30.7 Å². The van der Waals surface area contributed by atoms with Crippen molar-refractivity contribution in [1.82, 2.24) is 9.97 Å². The van der Waals surface area contributed by atoms with E-state index < -0.39 is 17.6 Å². The Bertz CT molecular complexity index is 1290. The van der Waals surface area contributed by atoms with Crippen molar-refractivity contribution in [3.8, 4) is 11.1 Å². The number of thiophene rings is 1. The van der Waals surface area contributed by atoms with Gasteiger partial charge in [0.2, 0.25) is 5.91 Å². The summed E-state index contributed by atoms with van der Waals surface area (Å²) in [6.07, 6.45) is -3.10. The molecule has 0 atom stereocenters. The summed E-state index contributed by atoms with van der Waals surface area (Å²) in [4.78, 5) is 21.9. The molecule has 2 heterocycles. The zero-order valence-corrected chi connectivity index (χ0v) is 18.9. The van der Waals surface area contributed by atoms with Crippen LogP contribution in [-0.2, 0) is 11.0 Å². The minimum atomic E-state index is -4.53. The first-order valence-electron chi connectivity index (χ1n) is 9.31. The predicted molar refractivity (Wildman–Crippen MR) is 123 cm³/mol. The summed E-state index contributed by atoms with van der Waals surface area (Å²) in [7, 11) is 0. The van der Waals surface area contributed by atoms with E-state index >= 15 is 0 Å². The lowest BCUT2D eigenvalue weighted by Gasteiger charge is -2.11. The molecule has 164 valence electrons. The zero-order valence-electron chi connectivity index (χ0n) is 16.5. The Labute approximate surface area is 194 Å². The Morgan fingerprint density at radius 2 is 1.91 bits per heavy atom. The molecule has 2 aromatic carbocycles. The maximum atomic E-state index is 13.0. The molecular weight excluding hydrogens is 479 g/mol. The average molecular weight is 494 g/mol. The Morgan fingerprint density at radius 1 is 1.16 bits per heavy atom. The predicted octanol–water partition coefficient (Wildman–Crippen LogP) is 7.07. The molecule has 2 aromatic heterocycles. The van der Waals surface area contributed by atoms with Gasteiger partial charge in [0.1, 0.15) is 16.2 Å². The molecule has 0 unspecified atom stereocenters. The number of amides is 1. The molecule has 0 spiro atoms. The van der Waals surface area contributed by atoms with E-state index in [1.165, 1.54) is 29.4 Å². The fourth-order valence-electron chi connectivity index (χ4n) is 3.02. The molecule has 0 aliphatic heterocycles. The van der Waals surface area contributed by atoms with Crippen LogP contribution in [-0.4, -0.2) is 21.6 Å². The van der Waals surface area contributed by atoms with Gasteiger partial charge in [0.15, 0.2) is 0 Å². The molecule has 1 amide bonds. The topological polar surface area (TPSA) is 54.9 Å². The van der Waals surface area contributed by atoms with Crippen molar-refractivity contribution in [1.29, 1.82) is 0 Å².